The Morgan fingerprint density at radius 2 is 2.06 bits per heavy atom. The molecule has 1 saturated carbocycles. The van der Waals surface area contributed by atoms with Gasteiger partial charge in [-0.15, -0.1) is 0 Å². The first-order valence-corrected chi connectivity index (χ1v) is 10.7. The van der Waals surface area contributed by atoms with E-state index >= 15 is 0 Å². The molecule has 3 heterocycles. The molecule has 1 aliphatic carbocycles. The Morgan fingerprint density at radius 3 is 2.77 bits per heavy atom. The first-order valence-electron chi connectivity index (χ1n) is 10.3. The summed E-state index contributed by atoms with van der Waals surface area (Å²) in [5.74, 6) is 0.673. The fraction of sp³-hybridized carbons (Fsp3) is 0.304. The van der Waals surface area contributed by atoms with Gasteiger partial charge in [-0.25, -0.2) is 9.97 Å². The highest BCUT2D eigenvalue weighted by molar-refractivity contribution is 6.28. The van der Waals surface area contributed by atoms with E-state index in [0.29, 0.717) is 5.82 Å². The Bertz CT molecular complexity index is 1350. The molecule has 5 rings (SSSR count). The fourth-order valence-electron chi connectivity index (χ4n) is 4.09. The molecule has 8 heteroatoms. The number of aromatic nitrogens is 5. The lowest BCUT2D eigenvalue weighted by atomic mass is 10.00. The highest BCUT2D eigenvalue weighted by Crippen LogP contribution is 2.38. The molecule has 1 unspecified atom stereocenters. The number of hydrogen-bond donors (Lipinski definition) is 1. The Morgan fingerprint density at radius 1 is 1.26 bits per heavy atom. The van der Waals surface area contributed by atoms with Gasteiger partial charge in [0.2, 0.25) is 5.28 Å². The van der Waals surface area contributed by atoms with Crippen LogP contribution in [0.15, 0.2) is 47.7 Å². The van der Waals surface area contributed by atoms with Crippen LogP contribution in [0.1, 0.15) is 43.1 Å². The molecular weight excluding hydrogens is 412 g/mol. The molecule has 1 atom stereocenters. The number of pyridine rings is 1. The van der Waals surface area contributed by atoms with Crippen LogP contribution in [0, 0.1) is 6.92 Å². The number of nitrogens with zero attached hydrogens (tertiary/aromatic N) is 5. The molecule has 0 spiro atoms. The Hall–Kier alpha value is -3.19. The molecule has 1 fully saturated rings. The predicted octanol–water partition coefficient (Wildman–Crippen LogP) is 4.66. The Labute approximate surface area is 184 Å². The van der Waals surface area contributed by atoms with Crippen LogP contribution in [0.25, 0.3) is 21.9 Å². The van der Waals surface area contributed by atoms with Crippen molar-refractivity contribution in [2.24, 2.45) is 7.05 Å². The summed E-state index contributed by atoms with van der Waals surface area (Å²) in [7, 11) is 1.88. The van der Waals surface area contributed by atoms with Gasteiger partial charge in [0.05, 0.1) is 17.6 Å². The minimum Gasteiger partial charge on any atom is -0.362 e. The number of hydrogen-bond acceptors (Lipinski definition) is 5. The molecule has 7 nitrogen and oxygen atoms in total. The monoisotopic (exact) mass is 434 g/mol. The van der Waals surface area contributed by atoms with Crippen molar-refractivity contribution in [3.8, 4) is 11.1 Å². The summed E-state index contributed by atoms with van der Waals surface area (Å²) in [5, 5.41) is 9.56. The predicted molar refractivity (Wildman–Crippen MR) is 122 cm³/mol. The average Bonchev–Trinajstić information content (AvgIpc) is 3.49. The summed E-state index contributed by atoms with van der Waals surface area (Å²) in [6.45, 7) is 3.97. The molecule has 1 aromatic carbocycles. The SMILES string of the molecule is Cc1cnc(Cl)nc1NC(C)c1cc2cccc(-c3cnn(C)c3)c2c(=O)n1C1CC1. The van der Waals surface area contributed by atoms with Gasteiger partial charge in [-0.05, 0) is 55.3 Å². The first kappa shape index (κ1) is 19.8. The maximum atomic E-state index is 13.8. The van der Waals surface area contributed by atoms with E-state index in [1.807, 2.05) is 49.9 Å². The number of aryl methyl sites for hydroxylation is 2. The van der Waals surface area contributed by atoms with Gasteiger partial charge in [0.1, 0.15) is 5.82 Å². The van der Waals surface area contributed by atoms with Crippen molar-refractivity contribution in [3.05, 3.63) is 69.8 Å². The van der Waals surface area contributed by atoms with Gasteiger partial charge in [-0.1, -0.05) is 18.2 Å². The third-order valence-corrected chi connectivity index (χ3v) is 5.96. The molecule has 31 heavy (non-hydrogen) atoms. The van der Waals surface area contributed by atoms with Gasteiger partial charge >= 0.3 is 0 Å². The van der Waals surface area contributed by atoms with Crippen molar-refractivity contribution in [2.75, 3.05) is 5.32 Å². The maximum absolute atomic E-state index is 13.8. The van der Waals surface area contributed by atoms with E-state index in [1.165, 1.54) is 0 Å². The van der Waals surface area contributed by atoms with Gasteiger partial charge < -0.3 is 9.88 Å². The third kappa shape index (κ3) is 3.59. The van der Waals surface area contributed by atoms with E-state index in [9.17, 15) is 4.79 Å². The van der Waals surface area contributed by atoms with Crippen LogP contribution in [-0.2, 0) is 7.05 Å². The van der Waals surface area contributed by atoms with Gasteiger partial charge in [0.15, 0.2) is 0 Å². The summed E-state index contributed by atoms with van der Waals surface area (Å²) in [6.07, 6.45) is 7.46. The van der Waals surface area contributed by atoms with E-state index in [4.69, 9.17) is 11.6 Å². The zero-order valence-electron chi connectivity index (χ0n) is 17.6. The molecule has 1 N–H and O–H groups in total. The van der Waals surface area contributed by atoms with Crippen LogP contribution < -0.4 is 10.9 Å². The Balaban J connectivity index is 1.66. The molecule has 0 radical (unpaired) electrons. The molecule has 1 aliphatic rings. The lowest BCUT2D eigenvalue weighted by Gasteiger charge is -2.22. The van der Waals surface area contributed by atoms with Crippen LogP contribution in [0.3, 0.4) is 0 Å². The molecule has 0 aliphatic heterocycles. The van der Waals surface area contributed by atoms with Crippen LogP contribution in [-0.4, -0.2) is 24.3 Å². The van der Waals surface area contributed by atoms with Crippen LogP contribution in [0.4, 0.5) is 5.82 Å². The summed E-state index contributed by atoms with van der Waals surface area (Å²) in [4.78, 5) is 22.1. The van der Waals surface area contributed by atoms with E-state index < -0.39 is 0 Å². The number of nitrogens with one attached hydrogen (secondary N) is 1. The van der Waals surface area contributed by atoms with Crippen LogP contribution in [0.5, 0.6) is 0 Å². The third-order valence-electron chi connectivity index (χ3n) is 5.78. The van der Waals surface area contributed by atoms with Crippen molar-refractivity contribution < 1.29 is 0 Å². The van der Waals surface area contributed by atoms with E-state index in [0.717, 1.165) is 46.0 Å². The highest BCUT2D eigenvalue weighted by Gasteiger charge is 2.30. The van der Waals surface area contributed by atoms with Crippen molar-refractivity contribution in [1.82, 2.24) is 24.3 Å². The smallest absolute Gasteiger partial charge is 0.259 e. The Kier molecular flexibility index (Phi) is 4.78. The van der Waals surface area contributed by atoms with Crippen molar-refractivity contribution in [2.45, 2.75) is 38.8 Å². The number of rotatable bonds is 5. The topological polar surface area (TPSA) is 77.6 Å². The first-order chi connectivity index (χ1) is 14.9. The average molecular weight is 435 g/mol. The largest absolute Gasteiger partial charge is 0.362 e. The second-order valence-electron chi connectivity index (χ2n) is 8.18. The van der Waals surface area contributed by atoms with Gasteiger partial charge in [0.25, 0.3) is 5.56 Å². The number of benzene rings is 1. The molecule has 0 amide bonds. The van der Waals surface area contributed by atoms with Crippen molar-refractivity contribution >= 4 is 28.2 Å². The zero-order valence-corrected chi connectivity index (χ0v) is 18.4. The molecule has 0 saturated heterocycles. The van der Waals surface area contributed by atoms with E-state index in [1.54, 1.807) is 17.1 Å². The molecule has 4 aromatic rings. The normalized spacial score (nSPS) is 14.7. The second kappa shape index (κ2) is 7.50. The summed E-state index contributed by atoms with van der Waals surface area (Å²) < 4.78 is 3.71. The number of anilines is 1. The van der Waals surface area contributed by atoms with Gasteiger partial charge in [-0.3, -0.25) is 9.48 Å². The highest BCUT2D eigenvalue weighted by atomic mass is 35.5. The second-order valence-corrected chi connectivity index (χ2v) is 8.52. The summed E-state index contributed by atoms with van der Waals surface area (Å²) in [6, 6.07) is 8.19. The minimum atomic E-state index is -0.135. The van der Waals surface area contributed by atoms with Crippen molar-refractivity contribution in [1.29, 1.82) is 0 Å². The van der Waals surface area contributed by atoms with Crippen LogP contribution in [0.2, 0.25) is 5.28 Å². The maximum Gasteiger partial charge on any atom is 0.259 e. The zero-order chi connectivity index (χ0) is 21.7. The molecular formula is C23H23ClN6O. The number of halogens is 1. The summed E-state index contributed by atoms with van der Waals surface area (Å²) in [5.41, 5.74) is 3.74. The number of fused-ring (bicyclic) bond motifs is 1. The lowest BCUT2D eigenvalue weighted by Crippen LogP contribution is -2.26. The molecule has 158 valence electrons. The van der Waals surface area contributed by atoms with Gasteiger partial charge in [-0.2, -0.15) is 5.10 Å². The molecule has 0 bridgehead atoms. The minimum absolute atomic E-state index is 0.0422. The van der Waals surface area contributed by atoms with Crippen LogP contribution >= 0.6 is 11.6 Å². The fourth-order valence-corrected chi connectivity index (χ4v) is 4.22. The van der Waals surface area contributed by atoms with Crippen molar-refractivity contribution in [3.63, 3.8) is 0 Å². The van der Waals surface area contributed by atoms with E-state index in [-0.39, 0.29) is 22.9 Å². The quantitative estimate of drug-likeness (QED) is 0.462. The lowest BCUT2D eigenvalue weighted by molar-refractivity contribution is 0.635. The van der Waals surface area contributed by atoms with E-state index in [2.05, 4.69) is 26.4 Å². The van der Waals surface area contributed by atoms with Gasteiger partial charge in [0, 0.05) is 42.3 Å². The standard InChI is InChI=1S/C23H23ClN6O/c1-13-10-25-23(24)28-21(13)27-14(2)19-9-15-5-4-6-18(16-11-26-29(3)12-16)20(15)22(31)30(19)17-7-8-17/h4-6,9-12,14,17H,7-8H2,1-3H3,(H,25,27,28). The molecule has 3 aromatic heterocycles. The summed E-state index contributed by atoms with van der Waals surface area (Å²) >= 11 is 5.99.